The van der Waals surface area contributed by atoms with Crippen LogP contribution in [-0.4, -0.2) is 37.2 Å². The van der Waals surface area contributed by atoms with Gasteiger partial charge < -0.3 is 14.2 Å². The van der Waals surface area contributed by atoms with Crippen molar-refractivity contribution < 1.29 is 28.6 Å². The number of hydrogen-bond acceptors (Lipinski definition) is 6. The van der Waals surface area contributed by atoms with Crippen molar-refractivity contribution in [3.05, 3.63) is 134 Å². The molecule has 0 N–H and O–H groups in total. The largest absolute Gasteiger partial charge is 0.462 e. The first-order chi connectivity index (χ1) is 38.0. The number of esters is 3. The molecule has 0 saturated carbocycles. The molecule has 6 heteroatoms. The molecule has 0 spiro atoms. The molecule has 0 saturated heterocycles. The van der Waals surface area contributed by atoms with E-state index in [1.54, 1.807) is 0 Å². The van der Waals surface area contributed by atoms with Gasteiger partial charge in [-0.25, -0.2) is 0 Å². The maximum atomic E-state index is 12.9. The van der Waals surface area contributed by atoms with Gasteiger partial charge in [0, 0.05) is 19.3 Å². The van der Waals surface area contributed by atoms with Crippen LogP contribution in [0.3, 0.4) is 0 Å². The number of hydrogen-bond donors (Lipinski definition) is 0. The zero-order valence-corrected chi connectivity index (χ0v) is 49.9. The van der Waals surface area contributed by atoms with E-state index < -0.39 is 12.1 Å². The van der Waals surface area contributed by atoms with Gasteiger partial charge in [0.1, 0.15) is 13.2 Å². The summed E-state index contributed by atoms with van der Waals surface area (Å²) in [6.45, 7) is 6.32. The summed E-state index contributed by atoms with van der Waals surface area (Å²) in [6, 6.07) is 0. The van der Waals surface area contributed by atoms with Crippen molar-refractivity contribution in [1.82, 2.24) is 0 Å². The van der Waals surface area contributed by atoms with Crippen LogP contribution in [0, 0.1) is 0 Å². The van der Waals surface area contributed by atoms with E-state index >= 15 is 0 Å². The zero-order valence-electron chi connectivity index (χ0n) is 49.9. The molecule has 0 fully saturated rings. The van der Waals surface area contributed by atoms with Crippen LogP contribution in [0.2, 0.25) is 0 Å². The number of carbonyl (C=O) groups excluding carboxylic acids is 3. The van der Waals surface area contributed by atoms with Gasteiger partial charge in [-0.3, -0.25) is 14.4 Å². The quantitative estimate of drug-likeness (QED) is 0.0261. The normalized spacial score (nSPS) is 13.0. The summed E-state index contributed by atoms with van der Waals surface area (Å²) < 4.78 is 16.8. The van der Waals surface area contributed by atoms with Crippen molar-refractivity contribution in [3.63, 3.8) is 0 Å². The highest BCUT2D eigenvalue weighted by Crippen LogP contribution is 2.16. The molecule has 0 aliphatic heterocycles. The molecule has 1 atom stereocenters. The smallest absolute Gasteiger partial charge is 0.306 e. The second-order valence-electron chi connectivity index (χ2n) is 20.6. The van der Waals surface area contributed by atoms with Crippen molar-refractivity contribution in [1.29, 1.82) is 0 Å². The second-order valence-corrected chi connectivity index (χ2v) is 20.6. The van der Waals surface area contributed by atoms with E-state index in [1.165, 1.54) is 128 Å². The van der Waals surface area contributed by atoms with E-state index in [-0.39, 0.29) is 38.0 Å². The summed E-state index contributed by atoms with van der Waals surface area (Å²) in [5.74, 6) is -1.07. The van der Waals surface area contributed by atoms with E-state index in [0.29, 0.717) is 19.3 Å². The van der Waals surface area contributed by atoms with Gasteiger partial charge >= 0.3 is 17.9 Å². The predicted molar refractivity (Wildman–Crippen MR) is 334 cm³/mol. The van der Waals surface area contributed by atoms with E-state index in [4.69, 9.17) is 14.2 Å². The van der Waals surface area contributed by atoms with Crippen molar-refractivity contribution in [2.75, 3.05) is 13.2 Å². The summed E-state index contributed by atoms with van der Waals surface area (Å²) in [4.78, 5) is 38.3. The van der Waals surface area contributed by atoms with Crippen molar-refractivity contribution in [2.24, 2.45) is 0 Å². The third-order valence-corrected chi connectivity index (χ3v) is 13.2. The van der Waals surface area contributed by atoms with Gasteiger partial charge in [-0.15, -0.1) is 0 Å². The Kier molecular flexibility index (Phi) is 60.4. The third kappa shape index (κ3) is 62.3. The minimum absolute atomic E-state index is 0.128. The molecule has 0 aromatic heterocycles. The van der Waals surface area contributed by atoms with Gasteiger partial charge in [-0.1, -0.05) is 296 Å². The average Bonchev–Trinajstić information content (AvgIpc) is 3.43. The highest BCUT2D eigenvalue weighted by Gasteiger charge is 2.19. The summed E-state index contributed by atoms with van der Waals surface area (Å²) in [7, 11) is 0. The third-order valence-electron chi connectivity index (χ3n) is 13.2. The lowest BCUT2D eigenvalue weighted by Crippen LogP contribution is -2.30. The summed E-state index contributed by atoms with van der Waals surface area (Å²) >= 11 is 0. The van der Waals surface area contributed by atoms with Gasteiger partial charge in [-0.05, 0) is 96.3 Å². The van der Waals surface area contributed by atoms with Crippen LogP contribution < -0.4 is 0 Å². The van der Waals surface area contributed by atoms with Gasteiger partial charge in [0.25, 0.3) is 0 Å². The van der Waals surface area contributed by atoms with E-state index in [2.05, 4.69) is 142 Å². The Hall–Kier alpha value is -4.45. The fourth-order valence-corrected chi connectivity index (χ4v) is 8.51. The van der Waals surface area contributed by atoms with E-state index in [9.17, 15) is 14.4 Å². The number of allylic oxidation sites excluding steroid dienone is 22. The number of carbonyl (C=O) groups is 3. The SMILES string of the molecule is CC/C=C\C/C=C\C/C=C\C/C=C\C/C=C\C/C=C\CCC(=O)OC(COC(=O)CCC/C=C\C/C=C\C/C=C\C/C=C\C/C=C\CC)COC(=O)CCCCCCCCCCCCCCCCCCCCCCCCC. The standard InChI is InChI=1S/C71H116O6/c1-4-7-10-13-16-19-22-25-28-31-33-34-35-36-38-40-43-46-49-52-55-58-61-64-70(73)76-67-68(66-75-69(72)63-60-57-54-51-48-45-42-39-30-27-24-21-18-15-12-9-6-3)77-71(74)65-62-59-56-53-50-47-44-41-37-32-29-26-23-20-17-14-11-8-5-2/h8-9,11-12,17-18,20-21,26-27,29-30,37,41-42,45,47,50-51,54,56,59,68H,4-7,10,13-16,19,22-25,28,31-36,38-40,43-44,46,48-49,52-53,55,57-58,60-67H2,1-3H3/b11-8-,12-9-,20-17-,21-18-,29-26-,30-27-,41-37-,45-42-,50-47-,54-51-,59-56-. The molecule has 0 aliphatic rings. The maximum absolute atomic E-state index is 12.9. The molecular formula is C71H116O6. The Morgan fingerprint density at radius 3 is 0.844 bits per heavy atom. The first-order valence-corrected chi connectivity index (χ1v) is 31.7. The highest BCUT2D eigenvalue weighted by atomic mass is 16.6. The fourth-order valence-electron chi connectivity index (χ4n) is 8.51. The molecule has 77 heavy (non-hydrogen) atoms. The molecule has 0 aromatic rings. The molecule has 436 valence electrons. The number of ether oxygens (including phenoxy) is 3. The molecule has 6 nitrogen and oxygen atoms in total. The average molecular weight is 1070 g/mol. The van der Waals surface area contributed by atoms with Crippen LogP contribution >= 0.6 is 0 Å². The van der Waals surface area contributed by atoms with Crippen molar-refractivity contribution in [2.45, 2.75) is 284 Å². The van der Waals surface area contributed by atoms with E-state index in [1.807, 2.05) is 12.2 Å². The molecular weight excluding hydrogens is 949 g/mol. The van der Waals surface area contributed by atoms with Crippen LogP contribution in [0.1, 0.15) is 278 Å². The summed E-state index contributed by atoms with van der Waals surface area (Å²) in [5, 5.41) is 0. The van der Waals surface area contributed by atoms with E-state index in [0.717, 1.165) is 96.3 Å². The van der Waals surface area contributed by atoms with Gasteiger partial charge in [0.2, 0.25) is 0 Å². The van der Waals surface area contributed by atoms with Gasteiger partial charge in [0.15, 0.2) is 6.10 Å². The lowest BCUT2D eigenvalue weighted by Gasteiger charge is -2.18. The zero-order chi connectivity index (χ0) is 55.7. The predicted octanol–water partition coefficient (Wildman–Crippen LogP) is 21.8. The minimum Gasteiger partial charge on any atom is -0.462 e. The molecule has 0 amide bonds. The molecule has 0 rings (SSSR count). The van der Waals surface area contributed by atoms with Crippen LogP contribution in [0.5, 0.6) is 0 Å². The number of unbranched alkanes of at least 4 members (excludes halogenated alkanes) is 23. The molecule has 0 aromatic carbocycles. The van der Waals surface area contributed by atoms with Crippen LogP contribution in [-0.2, 0) is 28.6 Å². The molecule has 0 heterocycles. The Morgan fingerprint density at radius 2 is 0.532 bits per heavy atom. The van der Waals surface area contributed by atoms with Crippen molar-refractivity contribution in [3.8, 4) is 0 Å². The minimum atomic E-state index is -0.846. The van der Waals surface area contributed by atoms with Gasteiger partial charge in [0.05, 0.1) is 0 Å². The topological polar surface area (TPSA) is 78.9 Å². The van der Waals surface area contributed by atoms with Crippen LogP contribution in [0.25, 0.3) is 0 Å². The maximum Gasteiger partial charge on any atom is 0.306 e. The molecule has 1 unspecified atom stereocenters. The first kappa shape index (κ1) is 72.5. The Morgan fingerprint density at radius 1 is 0.273 bits per heavy atom. The van der Waals surface area contributed by atoms with Crippen LogP contribution in [0.15, 0.2) is 134 Å². The van der Waals surface area contributed by atoms with Gasteiger partial charge in [-0.2, -0.15) is 0 Å². The molecule has 0 aliphatic carbocycles. The Balaban J connectivity index is 4.51. The Bertz CT molecular complexity index is 1650. The second kappa shape index (κ2) is 64.1. The highest BCUT2D eigenvalue weighted by molar-refractivity contribution is 5.71. The Labute approximate surface area is 475 Å². The molecule has 0 radical (unpaired) electrons. The van der Waals surface area contributed by atoms with Crippen molar-refractivity contribution >= 4 is 17.9 Å². The first-order valence-electron chi connectivity index (χ1n) is 31.7. The lowest BCUT2D eigenvalue weighted by atomic mass is 10.0. The van der Waals surface area contributed by atoms with Crippen LogP contribution in [0.4, 0.5) is 0 Å². The number of rotatable bonds is 56. The molecule has 0 bridgehead atoms. The lowest BCUT2D eigenvalue weighted by molar-refractivity contribution is -0.166. The summed E-state index contributed by atoms with van der Waals surface area (Å²) in [6.07, 6.45) is 90.5. The summed E-state index contributed by atoms with van der Waals surface area (Å²) in [5.41, 5.74) is 0. The monoisotopic (exact) mass is 1060 g/mol. The fraction of sp³-hybridized carbons (Fsp3) is 0.648.